The van der Waals surface area contributed by atoms with Gasteiger partial charge in [0.05, 0.1) is 58.6 Å². The SMILES string of the molecule is COC(=O)c1cccc(C(=O)O)c1N.COC(=O)c1cccc2c(=O)oc(-c3cccc(C(F)(F)F)c3)nc12.O=C(Cl)c1cccc(C(F)(F)F)c1. The highest BCUT2D eigenvalue weighted by Gasteiger charge is 2.31. The molecule has 1 aromatic heterocycles. The van der Waals surface area contributed by atoms with E-state index in [9.17, 15) is 50.3 Å². The standard InChI is InChI=1S/C17H10F3NO4.C9H9NO4.C8H4ClF3O/c1-24-15(22)11-6-3-7-12-13(11)21-14(25-16(12)23)9-4-2-5-10(8-9)17(18,19)20;1-14-9(13)6-4-2-3-5(7(6)10)8(11)12;9-7(13)5-2-1-3-6(4-5)8(10,11)12/h2-8H,1H3;2-4H,10H2,1H3,(H,11,12);1-4H. The number of carboxylic acids is 1. The summed E-state index contributed by atoms with van der Waals surface area (Å²) in [5.74, 6) is -2.86. The van der Waals surface area contributed by atoms with Crippen molar-refractivity contribution in [2.24, 2.45) is 0 Å². The molecule has 0 bridgehead atoms. The molecule has 1 heterocycles. The summed E-state index contributed by atoms with van der Waals surface area (Å²) in [4.78, 5) is 60.3. The van der Waals surface area contributed by atoms with Gasteiger partial charge in [-0.1, -0.05) is 30.3 Å². The van der Waals surface area contributed by atoms with Crippen LogP contribution in [-0.4, -0.2) is 47.5 Å². The van der Waals surface area contributed by atoms with E-state index in [2.05, 4.69) is 14.5 Å². The van der Waals surface area contributed by atoms with E-state index < -0.39 is 52.3 Å². The molecule has 0 aliphatic heterocycles. The summed E-state index contributed by atoms with van der Waals surface area (Å²) in [6, 6.07) is 16.6. The number of anilines is 1. The summed E-state index contributed by atoms with van der Waals surface area (Å²) in [6.07, 6.45) is -8.99. The molecule has 0 spiro atoms. The number of nitrogens with two attached hydrogens (primary N) is 1. The molecule has 0 unspecified atom stereocenters. The van der Waals surface area contributed by atoms with Crippen molar-refractivity contribution < 1.29 is 64.5 Å². The second-order valence-electron chi connectivity index (χ2n) is 9.99. The van der Waals surface area contributed by atoms with Crippen molar-refractivity contribution in [1.29, 1.82) is 0 Å². The van der Waals surface area contributed by atoms with Crippen LogP contribution in [0.5, 0.6) is 0 Å². The minimum absolute atomic E-state index is 0.00184. The number of nitrogens with zero attached hydrogens (tertiary/aromatic N) is 1. The van der Waals surface area contributed by atoms with Gasteiger partial charge in [-0.2, -0.15) is 26.3 Å². The predicted octanol–water partition coefficient (Wildman–Crippen LogP) is 7.50. The molecule has 3 N–H and O–H groups in total. The molecule has 0 amide bonds. The molecule has 4 aromatic carbocycles. The van der Waals surface area contributed by atoms with Crippen LogP contribution in [0.15, 0.2) is 94.1 Å². The van der Waals surface area contributed by atoms with Crippen LogP contribution in [-0.2, 0) is 21.8 Å². The molecule has 0 saturated carbocycles. The zero-order valence-corrected chi connectivity index (χ0v) is 27.2. The number of para-hydroxylation sites is 2. The number of hydrogen-bond donors (Lipinski definition) is 2. The summed E-state index contributed by atoms with van der Waals surface area (Å²) in [5.41, 5.74) is 2.58. The van der Waals surface area contributed by atoms with Gasteiger partial charge in [-0.15, -0.1) is 0 Å². The Labute approximate surface area is 293 Å². The van der Waals surface area contributed by atoms with Gasteiger partial charge in [0, 0.05) is 11.1 Å². The number of benzene rings is 4. The molecule has 52 heavy (non-hydrogen) atoms. The van der Waals surface area contributed by atoms with Crippen LogP contribution in [0.4, 0.5) is 32.0 Å². The lowest BCUT2D eigenvalue weighted by atomic mass is 10.1. The third-order valence-electron chi connectivity index (χ3n) is 6.66. The maximum absolute atomic E-state index is 12.9. The Morgan fingerprint density at radius 3 is 1.81 bits per heavy atom. The van der Waals surface area contributed by atoms with Gasteiger partial charge in [0.25, 0.3) is 5.24 Å². The maximum Gasteiger partial charge on any atom is 0.416 e. The van der Waals surface area contributed by atoms with Crippen molar-refractivity contribution in [3.8, 4) is 11.5 Å². The molecule has 0 aliphatic rings. The van der Waals surface area contributed by atoms with E-state index in [0.717, 1.165) is 30.3 Å². The van der Waals surface area contributed by atoms with E-state index >= 15 is 0 Å². The highest BCUT2D eigenvalue weighted by atomic mass is 35.5. The molecule has 5 aromatic rings. The van der Waals surface area contributed by atoms with Crippen LogP contribution < -0.4 is 11.4 Å². The maximum atomic E-state index is 12.9. The van der Waals surface area contributed by atoms with Crippen molar-refractivity contribution in [1.82, 2.24) is 4.98 Å². The monoisotopic (exact) mass is 752 g/mol. The number of ether oxygens (including phenoxy) is 2. The first-order valence-corrected chi connectivity index (χ1v) is 14.4. The number of aromatic nitrogens is 1. The fraction of sp³-hybridized carbons (Fsp3) is 0.118. The number of carbonyl (C=O) groups excluding carboxylic acids is 3. The highest BCUT2D eigenvalue weighted by Crippen LogP contribution is 2.32. The van der Waals surface area contributed by atoms with Crippen LogP contribution in [0.3, 0.4) is 0 Å². The van der Waals surface area contributed by atoms with E-state index in [1.54, 1.807) is 0 Å². The highest BCUT2D eigenvalue weighted by molar-refractivity contribution is 6.67. The zero-order chi connectivity index (χ0) is 39.0. The molecule has 0 saturated heterocycles. The van der Waals surface area contributed by atoms with Gasteiger partial charge in [-0.25, -0.2) is 24.2 Å². The van der Waals surface area contributed by atoms with Gasteiger partial charge >= 0.3 is 35.9 Å². The fourth-order valence-electron chi connectivity index (χ4n) is 4.18. The topological polar surface area (TPSA) is 176 Å². The minimum atomic E-state index is -4.55. The van der Waals surface area contributed by atoms with Crippen LogP contribution in [0, 0.1) is 0 Å². The van der Waals surface area contributed by atoms with Crippen molar-refractivity contribution in [3.05, 3.63) is 129 Å². The molecule has 11 nitrogen and oxygen atoms in total. The number of carbonyl (C=O) groups is 4. The van der Waals surface area contributed by atoms with Gasteiger partial charge in [0.1, 0.15) is 0 Å². The summed E-state index contributed by atoms with van der Waals surface area (Å²) in [5, 5.41) is 7.84. The van der Waals surface area contributed by atoms with Crippen LogP contribution in [0.2, 0.25) is 0 Å². The number of hydrogen-bond acceptors (Lipinski definition) is 10. The number of methoxy groups -OCH3 is 2. The van der Waals surface area contributed by atoms with Crippen LogP contribution in [0.25, 0.3) is 22.4 Å². The van der Waals surface area contributed by atoms with E-state index in [4.69, 9.17) is 26.9 Å². The smallest absolute Gasteiger partial charge is 0.416 e. The summed E-state index contributed by atoms with van der Waals surface area (Å²) in [6.45, 7) is 0. The lowest BCUT2D eigenvalue weighted by Crippen LogP contribution is -2.10. The largest absolute Gasteiger partial charge is 0.478 e. The average molecular weight is 753 g/mol. The Balaban J connectivity index is 0.000000230. The van der Waals surface area contributed by atoms with Gasteiger partial charge in [-0.3, -0.25) is 4.79 Å². The first kappa shape index (κ1) is 40.2. The van der Waals surface area contributed by atoms with Gasteiger partial charge in [-0.05, 0) is 66.2 Å². The summed E-state index contributed by atoms with van der Waals surface area (Å²) < 4.78 is 88.9. The lowest BCUT2D eigenvalue weighted by Gasteiger charge is -2.08. The van der Waals surface area contributed by atoms with E-state index in [1.165, 1.54) is 68.8 Å². The third kappa shape index (κ3) is 9.94. The summed E-state index contributed by atoms with van der Waals surface area (Å²) in [7, 11) is 2.37. The number of carboxylic acid groups (broad SMARTS) is 1. The van der Waals surface area contributed by atoms with Gasteiger partial charge in [0.2, 0.25) is 5.89 Å². The Kier molecular flexibility index (Phi) is 12.9. The fourth-order valence-corrected chi connectivity index (χ4v) is 4.30. The Morgan fingerprint density at radius 1 is 0.750 bits per heavy atom. The minimum Gasteiger partial charge on any atom is -0.478 e. The molecule has 18 heteroatoms. The number of rotatable bonds is 5. The predicted molar refractivity (Wildman–Crippen MR) is 173 cm³/mol. The van der Waals surface area contributed by atoms with Gasteiger partial charge < -0.3 is 24.7 Å². The second kappa shape index (κ2) is 16.7. The van der Waals surface area contributed by atoms with Crippen molar-refractivity contribution >= 4 is 51.3 Å². The number of aromatic carboxylic acids is 1. The molecule has 5 rings (SSSR count). The molecule has 0 radical (unpaired) electrons. The molecule has 272 valence electrons. The molecular weight excluding hydrogens is 730 g/mol. The number of fused-ring (bicyclic) bond motifs is 1. The van der Waals surface area contributed by atoms with Crippen molar-refractivity contribution in [2.75, 3.05) is 20.0 Å². The average Bonchev–Trinajstić information content (AvgIpc) is 3.10. The molecular formula is C34H23ClF6N2O9. The number of alkyl halides is 6. The number of esters is 2. The van der Waals surface area contributed by atoms with Crippen molar-refractivity contribution in [3.63, 3.8) is 0 Å². The Bertz CT molecular complexity index is 2200. The second-order valence-corrected chi connectivity index (χ2v) is 10.3. The normalized spacial score (nSPS) is 10.9. The van der Waals surface area contributed by atoms with Crippen molar-refractivity contribution in [2.45, 2.75) is 12.4 Å². The van der Waals surface area contributed by atoms with Crippen LogP contribution >= 0.6 is 11.6 Å². The number of halogens is 7. The quantitative estimate of drug-likeness (QED) is 0.0787. The lowest BCUT2D eigenvalue weighted by molar-refractivity contribution is -0.138. The molecule has 0 fully saturated rings. The molecule has 0 aliphatic carbocycles. The van der Waals surface area contributed by atoms with E-state index in [-0.39, 0.29) is 50.3 Å². The number of nitrogen functional groups attached to an aromatic ring is 1. The first-order valence-electron chi connectivity index (χ1n) is 14.1. The summed E-state index contributed by atoms with van der Waals surface area (Å²) >= 11 is 5.02. The van der Waals surface area contributed by atoms with E-state index in [0.29, 0.717) is 0 Å². The Morgan fingerprint density at radius 2 is 1.25 bits per heavy atom. The third-order valence-corrected chi connectivity index (χ3v) is 6.88. The van der Waals surface area contributed by atoms with E-state index in [1.807, 2.05) is 0 Å². The van der Waals surface area contributed by atoms with Gasteiger partial charge in [0.15, 0.2) is 0 Å². The zero-order valence-electron chi connectivity index (χ0n) is 26.5. The Hall–Kier alpha value is -6.23. The molecule has 0 atom stereocenters. The first-order chi connectivity index (χ1) is 24.3. The van der Waals surface area contributed by atoms with Crippen LogP contribution in [0.1, 0.15) is 52.6 Å².